The van der Waals surface area contributed by atoms with Gasteiger partial charge in [0.25, 0.3) is 0 Å². The Morgan fingerprint density at radius 2 is 2.06 bits per heavy atom. The fourth-order valence-corrected chi connectivity index (χ4v) is 1.71. The van der Waals surface area contributed by atoms with Gasteiger partial charge in [0.15, 0.2) is 0 Å². The Hall–Kier alpha value is -1.42. The zero-order valence-corrected chi connectivity index (χ0v) is 10.5. The average molecular weight is 235 g/mol. The van der Waals surface area contributed by atoms with Crippen LogP contribution in [0.15, 0.2) is 24.5 Å². The van der Waals surface area contributed by atoms with Gasteiger partial charge >= 0.3 is 0 Å². The molecule has 1 atom stereocenters. The van der Waals surface area contributed by atoms with Crippen molar-refractivity contribution >= 4 is 5.91 Å². The first-order chi connectivity index (χ1) is 8.13. The van der Waals surface area contributed by atoms with E-state index in [4.69, 9.17) is 5.73 Å². The molecule has 0 aliphatic carbocycles. The van der Waals surface area contributed by atoms with Gasteiger partial charge in [-0.25, -0.2) is 0 Å². The quantitative estimate of drug-likeness (QED) is 0.781. The summed E-state index contributed by atoms with van der Waals surface area (Å²) in [5.41, 5.74) is 6.67. The lowest BCUT2D eigenvalue weighted by atomic mass is 9.96. The lowest BCUT2D eigenvalue weighted by Crippen LogP contribution is -2.35. The van der Waals surface area contributed by atoms with Crippen LogP contribution in [0.4, 0.5) is 0 Å². The summed E-state index contributed by atoms with van der Waals surface area (Å²) >= 11 is 0. The third kappa shape index (κ3) is 4.95. The van der Waals surface area contributed by atoms with Gasteiger partial charge in [0.05, 0.1) is 5.92 Å². The highest BCUT2D eigenvalue weighted by atomic mass is 16.1. The molecule has 17 heavy (non-hydrogen) atoms. The van der Waals surface area contributed by atoms with Crippen LogP contribution in [0.1, 0.15) is 25.8 Å². The van der Waals surface area contributed by atoms with Crippen molar-refractivity contribution in [2.45, 2.75) is 26.8 Å². The van der Waals surface area contributed by atoms with Crippen LogP contribution in [0.2, 0.25) is 0 Å². The van der Waals surface area contributed by atoms with E-state index in [1.165, 1.54) is 0 Å². The van der Waals surface area contributed by atoms with E-state index >= 15 is 0 Å². The van der Waals surface area contributed by atoms with Gasteiger partial charge in [-0.15, -0.1) is 0 Å². The standard InChI is InChI=1S/C13H21N3O/c1-10(2)7-12(8-14)13(17)16-9-11-3-5-15-6-4-11/h3-6,10,12H,7-9,14H2,1-2H3,(H,16,17). The second-order valence-electron chi connectivity index (χ2n) is 4.64. The molecule has 0 radical (unpaired) electrons. The summed E-state index contributed by atoms with van der Waals surface area (Å²) in [5.74, 6) is 0.435. The predicted octanol–water partition coefficient (Wildman–Crippen LogP) is 1.32. The number of rotatable bonds is 6. The Bertz CT molecular complexity index is 338. The van der Waals surface area contributed by atoms with Crippen molar-refractivity contribution in [3.05, 3.63) is 30.1 Å². The number of hydrogen-bond donors (Lipinski definition) is 2. The molecule has 1 aromatic heterocycles. The summed E-state index contributed by atoms with van der Waals surface area (Å²) in [4.78, 5) is 15.8. The second kappa shape index (κ2) is 7.01. The molecule has 1 unspecified atom stereocenters. The van der Waals surface area contributed by atoms with Crippen LogP contribution in [-0.4, -0.2) is 17.4 Å². The van der Waals surface area contributed by atoms with Crippen LogP contribution in [0.3, 0.4) is 0 Å². The van der Waals surface area contributed by atoms with Crippen molar-refractivity contribution in [2.24, 2.45) is 17.6 Å². The van der Waals surface area contributed by atoms with Crippen LogP contribution in [0.5, 0.6) is 0 Å². The number of nitrogens with zero attached hydrogens (tertiary/aromatic N) is 1. The fourth-order valence-electron chi connectivity index (χ4n) is 1.71. The molecule has 0 fully saturated rings. The lowest BCUT2D eigenvalue weighted by molar-refractivity contribution is -0.125. The van der Waals surface area contributed by atoms with Gasteiger partial charge in [0.1, 0.15) is 0 Å². The number of carbonyl (C=O) groups is 1. The molecule has 0 aliphatic heterocycles. The first kappa shape index (κ1) is 13.6. The van der Waals surface area contributed by atoms with E-state index < -0.39 is 0 Å². The number of hydrogen-bond acceptors (Lipinski definition) is 3. The van der Waals surface area contributed by atoms with Gasteiger partial charge in [0, 0.05) is 25.5 Å². The minimum absolute atomic E-state index is 0.0398. The number of amides is 1. The molecule has 0 saturated carbocycles. The van der Waals surface area contributed by atoms with Gasteiger partial charge in [0.2, 0.25) is 5.91 Å². The number of aromatic nitrogens is 1. The van der Waals surface area contributed by atoms with Gasteiger partial charge in [-0.3, -0.25) is 9.78 Å². The Kier molecular flexibility index (Phi) is 5.63. The topological polar surface area (TPSA) is 68.0 Å². The van der Waals surface area contributed by atoms with Crippen LogP contribution in [-0.2, 0) is 11.3 Å². The summed E-state index contributed by atoms with van der Waals surface area (Å²) in [7, 11) is 0. The fraction of sp³-hybridized carbons (Fsp3) is 0.538. The summed E-state index contributed by atoms with van der Waals surface area (Å²) in [6.07, 6.45) is 4.27. The highest BCUT2D eigenvalue weighted by molar-refractivity contribution is 5.78. The third-order valence-corrected chi connectivity index (χ3v) is 2.63. The van der Waals surface area contributed by atoms with Gasteiger partial charge in [-0.1, -0.05) is 13.8 Å². The minimum atomic E-state index is -0.0863. The smallest absolute Gasteiger partial charge is 0.224 e. The maximum Gasteiger partial charge on any atom is 0.224 e. The molecule has 4 heteroatoms. The van der Waals surface area contributed by atoms with Gasteiger partial charge in [-0.2, -0.15) is 0 Å². The molecule has 0 aromatic carbocycles. The third-order valence-electron chi connectivity index (χ3n) is 2.63. The van der Waals surface area contributed by atoms with E-state index in [9.17, 15) is 4.79 Å². The van der Waals surface area contributed by atoms with Crippen molar-refractivity contribution in [3.8, 4) is 0 Å². The Morgan fingerprint density at radius 3 is 2.59 bits per heavy atom. The predicted molar refractivity (Wildman–Crippen MR) is 68.1 cm³/mol. The molecule has 0 bridgehead atoms. The Balaban J connectivity index is 2.42. The summed E-state index contributed by atoms with van der Waals surface area (Å²) in [6, 6.07) is 3.78. The molecule has 0 aliphatic rings. The Labute approximate surface area is 103 Å². The van der Waals surface area contributed by atoms with Crippen LogP contribution in [0.25, 0.3) is 0 Å². The second-order valence-corrected chi connectivity index (χ2v) is 4.64. The number of nitrogens with one attached hydrogen (secondary N) is 1. The van der Waals surface area contributed by atoms with E-state index in [-0.39, 0.29) is 11.8 Å². The zero-order chi connectivity index (χ0) is 12.7. The molecule has 1 heterocycles. The van der Waals surface area contributed by atoms with Crippen molar-refractivity contribution in [1.29, 1.82) is 0 Å². The number of pyridine rings is 1. The lowest BCUT2D eigenvalue weighted by Gasteiger charge is -2.16. The molecule has 3 N–H and O–H groups in total. The number of nitrogens with two attached hydrogens (primary N) is 1. The monoisotopic (exact) mass is 235 g/mol. The molecule has 1 amide bonds. The number of carbonyl (C=O) groups excluding carboxylic acids is 1. The maximum atomic E-state index is 11.9. The SMILES string of the molecule is CC(C)CC(CN)C(=O)NCc1ccncc1. The van der Waals surface area contributed by atoms with Crippen molar-refractivity contribution in [2.75, 3.05) is 6.54 Å². The van der Waals surface area contributed by atoms with E-state index in [1.54, 1.807) is 12.4 Å². The summed E-state index contributed by atoms with van der Waals surface area (Å²) < 4.78 is 0. The summed E-state index contributed by atoms with van der Waals surface area (Å²) in [6.45, 7) is 5.13. The van der Waals surface area contributed by atoms with Gasteiger partial charge in [-0.05, 0) is 30.0 Å². The van der Waals surface area contributed by atoms with E-state index in [0.29, 0.717) is 19.0 Å². The molecule has 94 valence electrons. The molecule has 0 spiro atoms. The Morgan fingerprint density at radius 1 is 1.41 bits per heavy atom. The molecule has 4 nitrogen and oxygen atoms in total. The molecular formula is C13H21N3O. The zero-order valence-electron chi connectivity index (χ0n) is 10.5. The average Bonchev–Trinajstić information content (AvgIpc) is 2.34. The van der Waals surface area contributed by atoms with E-state index in [2.05, 4.69) is 24.1 Å². The normalized spacial score (nSPS) is 12.5. The molecule has 1 rings (SSSR count). The maximum absolute atomic E-state index is 11.9. The van der Waals surface area contributed by atoms with Crippen LogP contribution >= 0.6 is 0 Å². The largest absolute Gasteiger partial charge is 0.352 e. The van der Waals surface area contributed by atoms with Crippen LogP contribution in [0, 0.1) is 11.8 Å². The van der Waals surface area contributed by atoms with E-state index in [0.717, 1.165) is 12.0 Å². The highest BCUT2D eigenvalue weighted by Crippen LogP contribution is 2.10. The van der Waals surface area contributed by atoms with Gasteiger partial charge < -0.3 is 11.1 Å². The molecule has 1 aromatic rings. The van der Waals surface area contributed by atoms with Crippen molar-refractivity contribution in [1.82, 2.24) is 10.3 Å². The van der Waals surface area contributed by atoms with Crippen LogP contribution < -0.4 is 11.1 Å². The first-order valence-corrected chi connectivity index (χ1v) is 6.00. The summed E-state index contributed by atoms with van der Waals surface area (Å²) in [5, 5.41) is 2.91. The molecular weight excluding hydrogens is 214 g/mol. The first-order valence-electron chi connectivity index (χ1n) is 6.00. The van der Waals surface area contributed by atoms with Crippen molar-refractivity contribution < 1.29 is 4.79 Å². The van der Waals surface area contributed by atoms with E-state index in [1.807, 2.05) is 12.1 Å². The minimum Gasteiger partial charge on any atom is -0.352 e. The van der Waals surface area contributed by atoms with Crippen molar-refractivity contribution in [3.63, 3.8) is 0 Å². The highest BCUT2D eigenvalue weighted by Gasteiger charge is 2.17. The molecule has 0 saturated heterocycles.